The summed E-state index contributed by atoms with van der Waals surface area (Å²) >= 11 is 3.39. The molecule has 14 heavy (non-hydrogen) atoms. The van der Waals surface area contributed by atoms with Crippen LogP contribution in [0.15, 0.2) is 30.3 Å². The van der Waals surface area contributed by atoms with Crippen molar-refractivity contribution in [3.05, 3.63) is 35.9 Å². The van der Waals surface area contributed by atoms with Gasteiger partial charge in [0.05, 0.1) is 4.58 Å². The minimum absolute atomic E-state index is 0.213. The van der Waals surface area contributed by atoms with Crippen LogP contribution in [0, 0.1) is 0 Å². The first-order valence-electron chi connectivity index (χ1n) is 4.74. The molecule has 1 atom stereocenters. The van der Waals surface area contributed by atoms with E-state index in [0.717, 1.165) is 5.56 Å². The Labute approximate surface area is 92.7 Å². The molecule has 0 aromatic heterocycles. The highest BCUT2D eigenvalue weighted by Crippen LogP contribution is 2.36. The summed E-state index contributed by atoms with van der Waals surface area (Å²) in [6, 6.07) is 9.53. The Balaban J connectivity index is 1.95. The number of hydrogen-bond donors (Lipinski definition) is 0. The molecule has 0 N–H and O–H groups in total. The van der Waals surface area contributed by atoms with Gasteiger partial charge in [-0.1, -0.05) is 42.1 Å². The van der Waals surface area contributed by atoms with Crippen LogP contribution < -0.4 is 0 Å². The van der Waals surface area contributed by atoms with E-state index in [4.69, 9.17) is 0 Å². The second kappa shape index (κ2) is 4.89. The van der Waals surface area contributed by atoms with Gasteiger partial charge < -0.3 is 0 Å². The maximum Gasteiger partial charge on any atom is 0.220 e. The first kappa shape index (κ1) is 10.1. The maximum absolute atomic E-state index is 11.8. The van der Waals surface area contributed by atoms with Crippen molar-refractivity contribution in [2.45, 2.75) is 17.4 Å². The van der Waals surface area contributed by atoms with Gasteiger partial charge >= 0.3 is 0 Å². The Morgan fingerprint density at radius 2 is 2.14 bits per heavy atom. The maximum atomic E-state index is 11.8. The fourth-order valence-electron chi connectivity index (χ4n) is 1.40. The molecule has 2 rings (SSSR count). The highest BCUT2D eigenvalue weighted by molar-refractivity contribution is 8.25. The summed E-state index contributed by atoms with van der Waals surface area (Å²) in [6.07, 6.45) is 2.43. The van der Waals surface area contributed by atoms with E-state index in [1.165, 1.54) is 30.4 Å². The predicted octanol–water partition coefficient (Wildman–Crippen LogP) is 3.41. The van der Waals surface area contributed by atoms with Crippen LogP contribution >= 0.6 is 23.5 Å². The standard InChI is InChI=1S/C11H12OS2/c12-11(9-5-2-1-3-6-9)14-10-7-4-8-13-10/h1-3,5-6,10H,4,7-8H2. The zero-order valence-corrected chi connectivity index (χ0v) is 9.44. The normalized spacial score (nSPS) is 21.0. The monoisotopic (exact) mass is 224 g/mol. The summed E-state index contributed by atoms with van der Waals surface area (Å²) in [5, 5.41) is 0.213. The number of carbonyl (C=O) groups is 1. The molecule has 1 aliphatic rings. The average Bonchev–Trinajstić information content (AvgIpc) is 2.72. The molecule has 0 aliphatic carbocycles. The SMILES string of the molecule is O=C(SC1CCCS1)c1ccccc1. The van der Waals surface area contributed by atoms with E-state index in [0.29, 0.717) is 4.58 Å². The lowest BCUT2D eigenvalue weighted by molar-refractivity contribution is 0.108. The molecule has 1 saturated heterocycles. The van der Waals surface area contributed by atoms with Crippen LogP contribution in [0.5, 0.6) is 0 Å². The number of benzene rings is 1. The summed E-state index contributed by atoms with van der Waals surface area (Å²) in [7, 11) is 0. The minimum Gasteiger partial charge on any atom is -0.282 e. The van der Waals surface area contributed by atoms with Gasteiger partial charge in [-0.25, -0.2) is 0 Å². The Morgan fingerprint density at radius 1 is 1.36 bits per heavy atom. The molecular formula is C11H12OS2. The van der Waals surface area contributed by atoms with Gasteiger partial charge in [0.25, 0.3) is 0 Å². The van der Waals surface area contributed by atoms with Crippen molar-refractivity contribution >= 4 is 28.6 Å². The molecule has 0 radical (unpaired) electrons. The molecule has 74 valence electrons. The molecule has 1 unspecified atom stereocenters. The quantitative estimate of drug-likeness (QED) is 0.766. The van der Waals surface area contributed by atoms with Crippen molar-refractivity contribution < 1.29 is 4.79 Å². The van der Waals surface area contributed by atoms with Crippen molar-refractivity contribution in [1.29, 1.82) is 0 Å². The van der Waals surface area contributed by atoms with Gasteiger partial charge in [-0.15, -0.1) is 11.8 Å². The zero-order chi connectivity index (χ0) is 9.80. The van der Waals surface area contributed by atoms with E-state index in [1.807, 2.05) is 42.1 Å². The molecule has 0 amide bonds. The van der Waals surface area contributed by atoms with Crippen molar-refractivity contribution in [1.82, 2.24) is 0 Å². The topological polar surface area (TPSA) is 17.1 Å². The third-order valence-corrected chi connectivity index (χ3v) is 4.91. The lowest BCUT2D eigenvalue weighted by Crippen LogP contribution is -1.99. The third-order valence-electron chi connectivity index (χ3n) is 2.14. The Morgan fingerprint density at radius 3 is 2.79 bits per heavy atom. The van der Waals surface area contributed by atoms with Crippen molar-refractivity contribution in [3.63, 3.8) is 0 Å². The molecule has 1 nitrogen and oxygen atoms in total. The van der Waals surface area contributed by atoms with Crippen LogP contribution in [0.25, 0.3) is 0 Å². The van der Waals surface area contributed by atoms with E-state index in [-0.39, 0.29) is 5.12 Å². The molecule has 1 aromatic rings. The van der Waals surface area contributed by atoms with Crippen LogP contribution in [0.1, 0.15) is 23.2 Å². The number of thioether (sulfide) groups is 2. The van der Waals surface area contributed by atoms with Crippen LogP contribution in [-0.2, 0) is 0 Å². The molecule has 0 bridgehead atoms. The van der Waals surface area contributed by atoms with Gasteiger partial charge in [0.1, 0.15) is 0 Å². The average molecular weight is 224 g/mol. The predicted molar refractivity (Wildman–Crippen MR) is 63.8 cm³/mol. The minimum atomic E-state index is 0.213. The first-order chi connectivity index (χ1) is 6.86. The molecule has 0 saturated carbocycles. The van der Waals surface area contributed by atoms with E-state index < -0.39 is 0 Å². The van der Waals surface area contributed by atoms with Gasteiger partial charge in [0.2, 0.25) is 5.12 Å². The molecule has 0 spiro atoms. The fraction of sp³-hybridized carbons (Fsp3) is 0.364. The summed E-state index contributed by atoms with van der Waals surface area (Å²) in [4.78, 5) is 11.8. The van der Waals surface area contributed by atoms with Crippen LogP contribution in [0.4, 0.5) is 0 Å². The van der Waals surface area contributed by atoms with E-state index in [9.17, 15) is 4.79 Å². The second-order valence-corrected chi connectivity index (χ2v) is 6.00. The summed E-state index contributed by atoms with van der Waals surface area (Å²) < 4.78 is 0.489. The first-order valence-corrected chi connectivity index (χ1v) is 6.67. The molecule has 1 aliphatic heterocycles. The van der Waals surface area contributed by atoms with Gasteiger partial charge in [-0.05, 0) is 18.6 Å². The van der Waals surface area contributed by atoms with Crippen molar-refractivity contribution in [2.24, 2.45) is 0 Å². The number of carbonyl (C=O) groups excluding carboxylic acids is 1. The summed E-state index contributed by atoms with van der Waals surface area (Å²) in [6.45, 7) is 0. The number of hydrogen-bond acceptors (Lipinski definition) is 3. The molecule has 1 heterocycles. The molecular weight excluding hydrogens is 212 g/mol. The van der Waals surface area contributed by atoms with E-state index in [1.54, 1.807) is 0 Å². The Kier molecular flexibility index (Phi) is 3.54. The van der Waals surface area contributed by atoms with Crippen LogP contribution in [-0.4, -0.2) is 15.5 Å². The molecule has 1 aromatic carbocycles. The van der Waals surface area contributed by atoms with Gasteiger partial charge in [0.15, 0.2) is 0 Å². The smallest absolute Gasteiger partial charge is 0.220 e. The van der Waals surface area contributed by atoms with E-state index >= 15 is 0 Å². The highest BCUT2D eigenvalue weighted by Gasteiger charge is 2.20. The molecule has 3 heteroatoms. The largest absolute Gasteiger partial charge is 0.282 e. The van der Waals surface area contributed by atoms with Gasteiger partial charge in [-0.2, -0.15) is 0 Å². The van der Waals surface area contributed by atoms with Crippen molar-refractivity contribution in [2.75, 3.05) is 5.75 Å². The van der Waals surface area contributed by atoms with Gasteiger partial charge in [-0.3, -0.25) is 4.79 Å². The van der Waals surface area contributed by atoms with Gasteiger partial charge in [0, 0.05) is 5.56 Å². The molecule has 1 fully saturated rings. The van der Waals surface area contributed by atoms with Crippen LogP contribution in [0.2, 0.25) is 0 Å². The summed E-state index contributed by atoms with van der Waals surface area (Å²) in [5.41, 5.74) is 0.824. The zero-order valence-electron chi connectivity index (χ0n) is 7.81. The van der Waals surface area contributed by atoms with Crippen LogP contribution in [0.3, 0.4) is 0 Å². The number of rotatable bonds is 2. The summed E-state index contributed by atoms with van der Waals surface area (Å²) in [5.74, 6) is 1.21. The third kappa shape index (κ3) is 2.55. The van der Waals surface area contributed by atoms with E-state index in [2.05, 4.69) is 0 Å². The van der Waals surface area contributed by atoms with Crippen molar-refractivity contribution in [3.8, 4) is 0 Å². The lowest BCUT2D eigenvalue weighted by Gasteiger charge is -2.05. The fourth-order valence-corrected chi connectivity index (χ4v) is 3.95. The Hall–Kier alpha value is -0.410. The highest BCUT2D eigenvalue weighted by atomic mass is 32.2. The lowest BCUT2D eigenvalue weighted by atomic mass is 10.2. The Bertz CT molecular complexity index is 304. The second-order valence-electron chi connectivity index (χ2n) is 3.21.